The molecule has 1 aromatic rings. The first kappa shape index (κ1) is 15.5. The van der Waals surface area contributed by atoms with Gasteiger partial charge in [-0.15, -0.1) is 0 Å². The Bertz CT molecular complexity index is 554. The van der Waals surface area contributed by atoms with Crippen molar-refractivity contribution in [2.75, 3.05) is 0 Å². The highest BCUT2D eigenvalue weighted by Gasteiger charge is 2.24. The van der Waals surface area contributed by atoms with Crippen molar-refractivity contribution >= 4 is 10.0 Å². The van der Waals surface area contributed by atoms with E-state index in [1.54, 1.807) is 31.2 Å². The van der Waals surface area contributed by atoms with Crippen molar-refractivity contribution in [3.8, 4) is 0 Å². The number of nitrogens with one attached hydrogen (secondary N) is 1. The lowest BCUT2D eigenvalue weighted by Gasteiger charge is -2.27. The average molecular weight is 297 g/mol. The van der Waals surface area contributed by atoms with Crippen LogP contribution in [0.4, 0.5) is 0 Å². The predicted octanol–water partition coefficient (Wildman–Crippen LogP) is 2.60. The molecule has 1 fully saturated rings. The van der Waals surface area contributed by atoms with Gasteiger partial charge in [-0.25, -0.2) is 13.1 Å². The summed E-state index contributed by atoms with van der Waals surface area (Å²) in [6.45, 7) is 3.79. The summed E-state index contributed by atoms with van der Waals surface area (Å²) in [5, 5.41) is 9.55. The molecule has 0 bridgehead atoms. The fourth-order valence-corrected chi connectivity index (χ4v) is 4.11. The van der Waals surface area contributed by atoms with Crippen LogP contribution in [-0.4, -0.2) is 19.6 Å². The number of rotatable bonds is 4. The highest BCUT2D eigenvalue weighted by atomic mass is 32.2. The molecule has 0 aliphatic heterocycles. The zero-order valence-electron chi connectivity index (χ0n) is 12.0. The van der Waals surface area contributed by atoms with Crippen molar-refractivity contribution in [3.05, 3.63) is 29.8 Å². The van der Waals surface area contributed by atoms with Crippen LogP contribution < -0.4 is 4.72 Å². The summed E-state index contributed by atoms with van der Waals surface area (Å²) in [7, 11) is -3.50. The van der Waals surface area contributed by atoms with Crippen LogP contribution in [0.3, 0.4) is 0 Å². The molecule has 3 unspecified atom stereocenters. The van der Waals surface area contributed by atoms with Crippen molar-refractivity contribution in [2.24, 2.45) is 5.92 Å². The van der Waals surface area contributed by atoms with E-state index in [0.717, 1.165) is 19.3 Å². The second kappa shape index (κ2) is 6.24. The smallest absolute Gasteiger partial charge is 0.240 e. The molecular formula is C15H23NO3S. The van der Waals surface area contributed by atoms with Crippen LogP contribution >= 0.6 is 0 Å². The lowest BCUT2D eigenvalue weighted by molar-refractivity contribution is 0.199. The van der Waals surface area contributed by atoms with E-state index in [1.807, 2.05) is 0 Å². The first-order chi connectivity index (χ1) is 9.38. The van der Waals surface area contributed by atoms with E-state index in [2.05, 4.69) is 11.6 Å². The second-order valence-electron chi connectivity index (χ2n) is 5.84. The van der Waals surface area contributed by atoms with Gasteiger partial charge in [-0.2, -0.15) is 0 Å². The zero-order valence-corrected chi connectivity index (χ0v) is 12.9. The van der Waals surface area contributed by atoms with E-state index < -0.39 is 16.1 Å². The summed E-state index contributed by atoms with van der Waals surface area (Å²) in [6.07, 6.45) is 3.38. The lowest BCUT2D eigenvalue weighted by Crippen LogP contribution is -2.37. The number of aliphatic hydroxyl groups excluding tert-OH is 1. The Kier molecular flexibility index (Phi) is 4.83. The Balaban J connectivity index is 2.15. The fraction of sp³-hybridized carbons (Fsp3) is 0.600. The van der Waals surface area contributed by atoms with Gasteiger partial charge in [0.05, 0.1) is 11.0 Å². The van der Waals surface area contributed by atoms with Crippen LogP contribution in [0.5, 0.6) is 0 Å². The molecule has 20 heavy (non-hydrogen) atoms. The summed E-state index contributed by atoms with van der Waals surface area (Å²) >= 11 is 0. The minimum atomic E-state index is -3.50. The molecule has 0 aromatic heterocycles. The van der Waals surface area contributed by atoms with Crippen molar-refractivity contribution in [2.45, 2.75) is 56.6 Å². The maximum atomic E-state index is 12.4. The number of sulfonamides is 1. The van der Waals surface area contributed by atoms with E-state index in [-0.39, 0.29) is 10.9 Å². The van der Waals surface area contributed by atoms with Gasteiger partial charge in [0.1, 0.15) is 0 Å². The predicted molar refractivity (Wildman–Crippen MR) is 78.8 cm³/mol. The number of aliphatic hydroxyl groups is 1. The molecule has 1 aliphatic rings. The Morgan fingerprint density at radius 3 is 2.75 bits per heavy atom. The van der Waals surface area contributed by atoms with Crippen molar-refractivity contribution in [1.82, 2.24) is 4.72 Å². The molecule has 4 nitrogen and oxygen atoms in total. The number of benzene rings is 1. The summed E-state index contributed by atoms with van der Waals surface area (Å²) in [4.78, 5) is 0.231. The molecular weight excluding hydrogens is 274 g/mol. The van der Waals surface area contributed by atoms with Crippen LogP contribution in [0, 0.1) is 5.92 Å². The van der Waals surface area contributed by atoms with Crippen molar-refractivity contribution in [1.29, 1.82) is 0 Å². The monoisotopic (exact) mass is 297 g/mol. The van der Waals surface area contributed by atoms with Gasteiger partial charge in [0.2, 0.25) is 10.0 Å². The molecule has 0 saturated heterocycles. The Morgan fingerprint density at radius 1 is 1.35 bits per heavy atom. The van der Waals surface area contributed by atoms with Crippen LogP contribution in [0.2, 0.25) is 0 Å². The van der Waals surface area contributed by atoms with Crippen LogP contribution in [-0.2, 0) is 10.0 Å². The minimum Gasteiger partial charge on any atom is -0.389 e. The highest BCUT2D eigenvalue weighted by molar-refractivity contribution is 7.89. The molecule has 0 spiro atoms. The Morgan fingerprint density at radius 2 is 2.10 bits per heavy atom. The molecule has 0 heterocycles. The lowest BCUT2D eigenvalue weighted by atomic mass is 9.88. The summed E-state index contributed by atoms with van der Waals surface area (Å²) in [5.41, 5.74) is 0.616. The minimum absolute atomic E-state index is 0.0268. The number of hydrogen-bond acceptors (Lipinski definition) is 3. The van der Waals surface area contributed by atoms with Gasteiger partial charge in [-0.3, -0.25) is 0 Å². The molecule has 2 N–H and O–H groups in total. The molecule has 0 amide bonds. The van der Waals surface area contributed by atoms with E-state index in [4.69, 9.17) is 0 Å². The summed E-state index contributed by atoms with van der Waals surface area (Å²) in [5.74, 6) is 0.570. The summed E-state index contributed by atoms with van der Waals surface area (Å²) in [6, 6.07) is 6.53. The molecule has 3 atom stereocenters. The summed E-state index contributed by atoms with van der Waals surface area (Å²) < 4.78 is 27.6. The Labute approximate surface area is 121 Å². The topological polar surface area (TPSA) is 66.4 Å². The molecule has 1 aromatic carbocycles. The van der Waals surface area contributed by atoms with E-state index in [9.17, 15) is 13.5 Å². The van der Waals surface area contributed by atoms with Crippen molar-refractivity contribution < 1.29 is 13.5 Å². The van der Waals surface area contributed by atoms with E-state index in [1.165, 1.54) is 6.42 Å². The SMILES string of the molecule is CC1CCCC(NS(=O)(=O)c2cccc(C(C)O)c2)C1. The van der Waals surface area contributed by atoms with Gasteiger partial charge >= 0.3 is 0 Å². The van der Waals surface area contributed by atoms with Crippen molar-refractivity contribution in [3.63, 3.8) is 0 Å². The van der Waals surface area contributed by atoms with Crippen LogP contribution in [0.15, 0.2) is 29.2 Å². The third-order valence-electron chi connectivity index (χ3n) is 3.91. The fourth-order valence-electron chi connectivity index (χ4n) is 2.77. The van der Waals surface area contributed by atoms with Gasteiger partial charge in [0, 0.05) is 6.04 Å². The van der Waals surface area contributed by atoms with Gasteiger partial charge in [0.15, 0.2) is 0 Å². The molecule has 0 radical (unpaired) electrons. The van der Waals surface area contributed by atoms with Crippen LogP contribution in [0.1, 0.15) is 51.2 Å². The zero-order chi connectivity index (χ0) is 14.8. The van der Waals surface area contributed by atoms with Gasteiger partial charge in [-0.1, -0.05) is 31.9 Å². The molecule has 5 heteroatoms. The third kappa shape index (κ3) is 3.81. The van der Waals surface area contributed by atoms with E-state index in [0.29, 0.717) is 11.5 Å². The normalized spacial score (nSPS) is 25.4. The maximum absolute atomic E-state index is 12.4. The average Bonchev–Trinajstić information content (AvgIpc) is 2.38. The molecule has 112 valence electrons. The largest absolute Gasteiger partial charge is 0.389 e. The molecule has 1 aliphatic carbocycles. The van der Waals surface area contributed by atoms with Crippen LogP contribution in [0.25, 0.3) is 0 Å². The van der Waals surface area contributed by atoms with Gasteiger partial charge in [-0.05, 0) is 43.4 Å². The standard InChI is InChI=1S/C15H23NO3S/c1-11-5-3-7-14(9-11)16-20(18,19)15-8-4-6-13(10-15)12(2)17/h4,6,8,10-12,14,16-17H,3,5,7,9H2,1-2H3. The van der Waals surface area contributed by atoms with Gasteiger partial charge < -0.3 is 5.11 Å². The first-order valence-electron chi connectivity index (χ1n) is 7.19. The first-order valence-corrected chi connectivity index (χ1v) is 8.67. The maximum Gasteiger partial charge on any atom is 0.240 e. The van der Waals surface area contributed by atoms with E-state index >= 15 is 0 Å². The quantitative estimate of drug-likeness (QED) is 0.897. The number of hydrogen-bond donors (Lipinski definition) is 2. The molecule has 1 saturated carbocycles. The Hall–Kier alpha value is -0.910. The molecule has 2 rings (SSSR count). The highest BCUT2D eigenvalue weighted by Crippen LogP contribution is 2.25. The van der Waals surface area contributed by atoms with Gasteiger partial charge in [0.25, 0.3) is 0 Å². The third-order valence-corrected chi connectivity index (χ3v) is 5.43. The second-order valence-corrected chi connectivity index (χ2v) is 7.55.